The average Bonchev–Trinajstić information content (AvgIpc) is 2.18. The Bertz CT molecular complexity index is 287. The van der Waals surface area contributed by atoms with Gasteiger partial charge in [0.2, 0.25) is 0 Å². The molecule has 0 aromatic heterocycles. The van der Waals surface area contributed by atoms with Gasteiger partial charge >= 0.3 is 0 Å². The maximum atomic E-state index is 8.75. The van der Waals surface area contributed by atoms with E-state index >= 15 is 0 Å². The molecule has 1 rings (SSSR count). The molecule has 1 aromatic rings. The molecule has 0 radical (unpaired) electrons. The van der Waals surface area contributed by atoms with Crippen LogP contribution in [0.15, 0.2) is 18.2 Å². The van der Waals surface area contributed by atoms with Crippen molar-refractivity contribution in [2.24, 2.45) is 0 Å². The number of ether oxygens (including phenoxy) is 1. The molecule has 0 saturated carbocycles. The second-order valence-electron chi connectivity index (χ2n) is 3.17. The number of aliphatic hydroxyl groups excluding tert-OH is 1. The predicted octanol–water partition coefficient (Wildman–Crippen LogP) is 2.41. The van der Waals surface area contributed by atoms with E-state index in [0.29, 0.717) is 6.61 Å². The standard InChI is InChI=1S/C11H15ClO2/c1-14-8-10-4-5-11(12)7-9(10)3-2-6-13/h4-5,7,13H,2-3,6,8H2,1H3. The second-order valence-corrected chi connectivity index (χ2v) is 3.61. The molecular formula is C11H15ClO2. The van der Waals surface area contributed by atoms with Crippen LogP contribution in [0.1, 0.15) is 17.5 Å². The van der Waals surface area contributed by atoms with Crippen LogP contribution in [0.2, 0.25) is 5.02 Å². The summed E-state index contributed by atoms with van der Waals surface area (Å²) >= 11 is 5.89. The van der Waals surface area contributed by atoms with Crippen LogP contribution < -0.4 is 0 Å². The zero-order valence-corrected chi connectivity index (χ0v) is 9.05. The average molecular weight is 215 g/mol. The molecule has 0 bridgehead atoms. The van der Waals surface area contributed by atoms with E-state index in [2.05, 4.69) is 0 Å². The van der Waals surface area contributed by atoms with Crippen molar-refractivity contribution in [2.45, 2.75) is 19.4 Å². The Hall–Kier alpha value is -0.570. The fourth-order valence-corrected chi connectivity index (χ4v) is 1.59. The van der Waals surface area contributed by atoms with Gasteiger partial charge in [0.05, 0.1) is 6.61 Å². The van der Waals surface area contributed by atoms with E-state index in [-0.39, 0.29) is 6.61 Å². The zero-order valence-electron chi connectivity index (χ0n) is 8.29. The molecule has 0 unspecified atom stereocenters. The molecule has 0 aliphatic rings. The Labute approximate surface area is 89.5 Å². The van der Waals surface area contributed by atoms with Gasteiger partial charge in [-0.3, -0.25) is 0 Å². The Kier molecular flexibility index (Phi) is 4.94. The first-order valence-electron chi connectivity index (χ1n) is 4.65. The van der Waals surface area contributed by atoms with E-state index in [1.165, 1.54) is 0 Å². The Balaban J connectivity index is 2.79. The molecule has 1 N–H and O–H groups in total. The molecule has 0 amide bonds. The van der Waals surface area contributed by atoms with Gasteiger partial charge in [-0.15, -0.1) is 0 Å². The normalized spacial score (nSPS) is 10.5. The summed E-state index contributed by atoms with van der Waals surface area (Å²) < 4.78 is 5.08. The van der Waals surface area contributed by atoms with Gasteiger partial charge in [-0.05, 0) is 36.1 Å². The number of aliphatic hydroxyl groups is 1. The Morgan fingerprint density at radius 3 is 2.79 bits per heavy atom. The molecule has 14 heavy (non-hydrogen) atoms. The summed E-state index contributed by atoms with van der Waals surface area (Å²) in [5.74, 6) is 0. The number of hydrogen-bond acceptors (Lipinski definition) is 2. The lowest BCUT2D eigenvalue weighted by Crippen LogP contribution is -1.97. The van der Waals surface area contributed by atoms with Crippen molar-refractivity contribution in [3.8, 4) is 0 Å². The van der Waals surface area contributed by atoms with Gasteiger partial charge in [0.15, 0.2) is 0 Å². The van der Waals surface area contributed by atoms with Crippen molar-refractivity contribution in [1.29, 1.82) is 0 Å². The SMILES string of the molecule is COCc1ccc(Cl)cc1CCCO. The van der Waals surface area contributed by atoms with Crippen molar-refractivity contribution in [3.63, 3.8) is 0 Å². The minimum Gasteiger partial charge on any atom is -0.396 e. The van der Waals surface area contributed by atoms with Crippen LogP contribution in [0, 0.1) is 0 Å². The Morgan fingerprint density at radius 2 is 2.14 bits per heavy atom. The summed E-state index contributed by atoms with van der Waals surface area (Å²) in [6.07, 6.45) is 1.60. The van der Waals surface area contributed by atoms with Crippen molar-refractivity contribution < 1.29 is 9.84 Å². The van der Waals surface area contributed by atoms with Crippen LogP contribution in [0.5, 0.6) is 0 Å². The van der Waals surface area contributed by atoms with Gasteiger partial charge < -0.3 is 9.84 Å². The van der Waals surface area contributed by atoms with E-state index in [0.717, 1.165) is 29.0 Å². The first kappa shape index (κ1) is 11.5. The fraction of sp³-hybridized carbons (Fsp3) is 0.455. The highest BCUT2D eigenvalue weighted by atomic mass is 35.5. The van der Waals surface area contributed by atoms with Gasteiger partial charge in [-0.2, -0.15) is 0 Å². The molecule has 0 atom stereocenters. The van der Waals surface area contributed by atoms with Crippen molar-refractivity contribution in [3.05, 3.63) is 34.3 Å². The number of aryl methyl sites for hydroxylation is 1. The third-order valence-electron chi connectivity index (χ3n) is 2.07. The molecule has 0 spiro atoms. The molecule has 0 saturated heterocycles. The van der Waals surface area contributed by atoms with Gasteiger partial charge in [-0.25, -0.2) is 0 Å². The van der Waals surface area contributed by atoms with E-state index in [1.54, 1.807) is 7.11 Å². The topological polar surface area (TPSA) is 29.5 Å². The van der Waals surface area contributed by atoms with Crippen LogP contribution in [0.3, 0.4) is 0 Å². The molecule has 0 aliphatic heterocycles. The van der Waals surface area contributed by atoms with Crippen LogP contribution in [0.25, 0.3) is 0 Å². The predicted molar refractivity (Wildman–Crippen MR) is 57.6 cm³/mol. The first-order valence-corrected chi connectivity index (χ1v) is 5.03. The zero-order chi connectivity index (χ0) is 10.4. The van der Waals surface area contributed by atoms with Crippen LogP contribution in [0.4, 0.5) is 0 Å². The fourth-order valence-electron chi connectivity index (χ4n) is 1.39. The lowest BCUT2D eigenvalue weighted by atomic mass is 10.0. The maximum Gasteiger partial charge on any atom is 0.0715 e. The molecular weight excluding hydrogens is 200 g/mol. The van der Waals surface area contributed by atoms with Crippen LogP contribution >= 0.6 is 11.6 Å². The van der Waals surface area contributed by atoms with Gasteiger partial charge in [0, 0.05) is 18.7 Å². The lowest BCUT2D eigenvalue weighted by molar-refractivity contribution is 0.184. The number of benzene rings is 1. The summed E-state index contributed by atoms with van der Waals surface area (Å²) in [5, 5.41) is 9.49. The number of halogens is 1. The highest BCUT2D eigenvalue weighted by molar-refractivity contribution is 6.30. The highest BCUT2D eigenvalue weighted by Gasteiger charge is 2.02. The second kappa shape index (κ2) is 6.02. The largest absolute Gasteiger partial charge is 0.396 e. The van der Waals surface area contributed by atoms with Crippen LogP contribution in [-0.2, 0) is 17.8 Å². The van der Waals surface area contributed by atoms with Gasteiger partial charge in [0.25, 0.3) is 0 Å². The maximum absolute atomic E-state index is 8.75. The molecule has 3 heteroatoms. The quantitative estimate of drug-likeness (QED) is 0.816. The summed E-state index contributed by atoms with van der Waals surface area (Å²) in [7, 11) is 1.67. The minimum atomic E-state index is 0.207. The Morgan fingerprint density at radius 1 is 1.36 bits per heavy atom. The summed E-state index contributed by atoms with van der Waals surface area (Å²) in [6.45, 7) is 0.802. The summed E-state index contributed by atoms with van der Waals surface area (Å²) in [6, 6.07) is 5.77. The first-order chi connectivity index (χ1) is 6.77. The number of methoxy groups -OCH3 is 1. The molecule has 0 fully saturated rings. The molecule has 0 heterocycles. The van der Waals surface area contributed by atoms with Crippen molar-refractivity contribution in [1.82, 2.24) is 0 Å². The van der Waals surface area contributed by atoms with Crippen molar-refractivity contribution in [2.75, 3.05) is 13.7 Å². The lowest BCUT2D eigenvalue weighted by Gasteiger charge is -2.08. The van der Waals surface area contributed by atoms with E-state index in [4.69, 9.17) is 21.4 Å². The number of rotatable bonds is 5. The third kappa shape index (κ3) is 3.29. The monoisotopic (exact) mass is 214 g/mol. The molecule has 0 aliphatic carbocycles. The van der Waals surface area contributed by atoms with Gasteiger partial charge in [-0.1, -0.05) is 17.7 Å². The number of hydrogen-bond donors (Lipinski definition) is 1. The molecule has 1 aromatic carbocycles. The van der Waals surface area contributed by atoms with Crippen LogP contribution in [-0.4, -0.2) is 18.8 Å². The highest BCUT2D eigenvalue weighted by Crippen LogP contribution is 2.18. The smallest absolute Gasteiger partial charge is 0.0715 e. The summed E-state index contributed by atoms with van der Waals surface area (Å²) in [5.41, 5.74) is 2.30. The van der Waals surface area contributed by atoms with Crippen molar-refractivity contribution >= 4 is 11.6 Å². The third-order valence-corrected chi connectivity index (χ3v) is 2.31. The molecule has 2 nitrogen and oxygen atoms in total. The van der Waals surface area contributed by atoms with E-state index < -0.39 is 0 Å². The van der Waals surface area contributed by atoms with Gasteiger partial charge in [0.1, 0.15) is 0 Å². The van der Waals surface area contributed by atoms with E-state index in [9.17, 15) is 0 Å². The van der Waals surface area contributed by atoms with E-state index in [1.807, 2.05) is 18.2 Å². The minimum absolute atomic E-state index is 0.207. The molecule has 78 valence electrons. The summed E-state index contributed by atoms with van der Waals surface area (Å²) in [4.78, 5) is 0.